The Labute approximate surface area is 112 Å². The molecule has 1 amide bonds. The molecule has 1 aromatic heterocycles. The maximum absolute atomic E-state index is 12.1. The molecule has 0 spiro atoms. The summed E-state index contributed by atoms with van der Waals surface area (Å²) in [6.45, 7) is 1.81. The van der Waals surface area contributed by atoms with Gasteiger partial charge in [0, 0.05) is 24.8 Å². The van der Waals surface area contributed by atoms with Crippen molar-refractivity contribution in [1.82, 2.24) is 9.88 Å². The number of hydrogen-bond donors (Lipinski definition) is 0. The van der Waals surface area contributed by atoms with E-state index in [2.05, 4.69) is 11.2 Å². The van der Waals surface area contributed by atoms with Gasteiger partial charge in [0.2, 0.25) is 5.91 Å². The van der Waals surface area contributed by atoms with Crippen LogP contribution in [0.15, 0.2) is 42.6 Å². The molecule has 0 aliphatic carbocycles. The van der Waals surface area contributed by atoms with E-state index in [4.69, 9.17) is 0 Å². The lowest BCUT2D eigenvalue weighted by atomic mass is 9.98. The number of likely N-dealkylation sites (tertiary alicyclic amines) is 1. The molecular weight excluding hydrogens is 236 g/mol. The van der Waals surface area contributed by atoms with E-state index in [1.165, 1.54) is 0 Å². The monoisotopic (exact) mass is 251 g/mol. The second kappa shape index (κ2) is 5.22. The van der Waals surface area contributed by atoms with Crippen LogP contribution in [0.1, 0.15) is 12.0 Å². The van der Waals surface area contributed by atoms with Gasteiger partial charge in [-0.1, -0.05) is 30.3 Å². The zero-order valence-electron chi connectivity index (χ0n) is 10.7. The van der Waals surface area contributed by atoms with E-state index < -0.39 is 0 Å². The van der Waals surface area contributed by atoms with Gasteiger partial charge in [0.1, 0.15) is 0 Å². The molecule has 3 heteroatoms. The molecule has 3 nitrogen and oxygen atoms in total. The first kappa shape index (κ1) is 11.9. The van der Waals surface area contributed by atoms with Gasteiger partial charge < -0.3 is 4.90 Å². The second-order valence-electron chi connectivity index (χ2n) is 4.73. The Morgan fingerprint density at radius 2 is 2.05 bits per heavy atom. The van der Waals surface area contributed by atoms with Crippen molar-refractivity contribution in [1.29, 1.82) is 0 Å². The van der Waals surface area contributed by atoms with Gasteiger partial charge in [-0.3, -0.25) is 9.78 Å². The van der Waals surface area contributed by atoms with Crippen molar-refractivity contribution in [2.75, 3.05) is 13.1 Å². The maximum atomic E-state index is 12.1. The number of rotatable bonds is 3. The zero-order valence-corrected chi connectivity index (χ0v) is 10.7. The Bertz CT molecular complexity index is 576. The van der Waals surface area contributed by atoms with Crippen LogP contribution in [0, 0.1) is 6.20 Å². The first-order chi connectivity index (χ1) is 9.34. The van der Waals surface area contributed by atoms with Crippen LogP contribution in [0.25, 0.3) is 11.1 Å². The number of pyridine rings is 1. The molecule has 1 aromatic carbocycles. The summed E-state index contributed by atoms with van der Waals surface area (Å²) in [6, 6.07) is 11.8. The highest BCUT2D eigenvalue weighted by molar-refractivity contribution is 5.82. The van der Waals surface area contributed by atoms with E-state index in [9.17, 15) is 4.79 Å². The maximum Gasteiger partial charge on any atom is 0.227 e. The molecule has 19 heavy (non-hydrogen) atoms. The smallest absolute Gasteiger partial charge is 0.227 e. The number of carbonyl (C=O) groups is 1. The fourth-order valence-electron chi connectivity index (χ4n) is 2.25. The van der Waals surface area contributed by atoms with E-state index in [0.29, 0.717) is 6.42 Å². The number of carbonyl (C=O) groups excluding carboxylic acids is 1. The number of benzene rings is 1. The molecule has 1 aliphatic heterocycles. The second-order valence-corrected chi connectivity index (χ2v) is 4.73. The van der Waals surface area contributed by atoms with Crippen LogP contribution in [0.5, 0.6) is 0 Å². The zero-order chi connectivity index (χ0) is 13.1. The van der Waals surface area contributed by atoms with Crippen LogP contribution < -0.4 is 0 Å². The third-order valence-electron chi connectivity index (χ3n) is 3.47. The first-order valence-corrected chi connectivity index (χ1v) is 6.53. The summed E-state index contributed by atoms with van der Waals surface area (Å²) < 4.78 is 0. The molecular formula is C16H15N2O. The minimum absolute atomic E-state index is 0.211. The van der Waals surface area contributed by atoms with Gasteiger partial charge in [0.15, 0.2) is 0 Å². The van der Waals surface area contributed by atoms with E-state index in [-0.39, 0.29) is 5.91 Å². The van der Waals surface area contributed by atoms with Gasteiger partial charge in [0.05, 0.1) is 12.6 Å². The Kier molecular flexibility index (Phi) is 3.27. The highest BCUT2D eigenvalue weighted by atomic mass is 16.2. The minimum atomic E-state index is 0.211. The minimum Gasteiger partial charge on any atom is -0.342 e. The lowest BCUT2D eigenvalue weighted by Crippen LogP contribution is -2.42. The van der Waals surface area contributed by atoms with Crippen LogP contribution >= 0.6 is 0 Å². The molecule has 3 rings (SSSR count). The van der Waals surface area contributed by atoms with Gasteiger partial charge in [-0.15, -0.1) is 0 Å². The summed E-state index contributed by atoms with van der Waals surface area (Å²) in [5.41, 5.74) is 3.03. The van der Waals surface area contributed by atoms with Gasteiger partial charge >= 0.3 is 0 Å². The van der Waals surface area contributed by atoms with Crippen LogP contribution in [0.2, 0.25) is 0 Å². The molecule has 0 bridgehead atoms. The van der Waals surface area contributed by atoms with Crippen LogP contribution in [0.4, 0.5) is 0 Å². The third kappa shape index (κ3) is 2.50. The van der Waals surface area contributed by atoms with E-state index in [1.807, 2.05) is 41.3 Å². The highest BCUT2D eigenvalue weighted by Gasteiger charge is 2.21. The summed E-state index contributed by atoms with van der Waals surface area (Å²) in [5, 5.41) is 0. The van der Waals surface area contributed by atoms with Crippen molar-refractivity contribution in [3.63, 3.8) is 0 Å². The molecule has 1 fully saturated rings. The molecule has 2 aromatic rings. The van der Waals surface area contributed by atoms with E-state index >= 15 is 0 Å². The van der Waals surface area contributed by atoms with E-state index in [1.54, 1.807) is 6.20 Å². The highest BCUT2D eigenvalue weighted by Crippen LogP contribution is 2.23. The predicted molar refractivity (Wildman–Crippen MR) is 73.4 cm³/mol. The average Bonchev–Trinajstić information content (AvgIpc) is 2.38. The fourth-order valence-corrected chi connectivity index (χ4v) is 2.25. The molecule has 95 valence electrons. The Hall–Kier alpha value is -2.16. The molecule has 1 aliphatic rings. The largest absolute Gasteiger partial charge is 0.342 e. The summed E-state index contributed by atoms with van der Waals surface area (Å²) >= 11 is 0. The molecule has 1 saturated heterocycles. The van der Waals surface area contributed by atoms with E-state index in [0.717, 1.165) is 36.2 Å². The lowest BCUT2D eigenvalue weighted by molar-refractivity contribution is -0.133. The van der Waals surface area contributed by atoms with Gasteiger partial charge in [-0.2, -0.15) is 0 Å². The topological polar surface area (TPSA) is 33.2 Å². The van der Waals surface area contributed by atoms with Crippen molar-refractivity contribution in [3.05, 3.63) is 54.4 Å². The molecule has 0 N–H and O–H groups in total. The molecule has 0 atom stereocenters. The van der Waals surface area contributed by atoms with Gasteiger partial charge in [0.25, 0.3) is 0 Å². The van der Waals surface area contributed by atoms with Crippen molar-refractivity contribution >= 4 is 5.91 Å². The predicted octanol–water partition coefficient (Wildman–Crippen LogP) is 2.32. The lowest BCUT2D eigenvalue weighted by Gasteiger charge is -2.31. The number of aromatic nitrogens is 1. The Balaban J connectivity index is 1.87. The number of hydrogen-bond acceptors (Lipinski definition) is 2. The summed E-state index contributed by atoms with van der Waals surface area (Å²) in [5.74, 6) is 0.211. The van der Waals surface area contributed by atoms with Gasteiger partial charge in [-0.25, -0.2) is 0 Å². The van der Waals surface area contributed by atoms with Crippen molar-refractivity contribution < 1.29 is 4.79 Å². The van der Waals surface area contributed by atoms with Crippen molar-refractivity contribution in [2.45, 2.75) is 12.8 Å². The van der Waals surface area contributed by atoms with Crippen molar-refractivity contribution in [3.8, 4) is 11.1 Å². The molecule has 0 unspecified atom stereocenters. The summed E-state index contributed by atoms with van der Waals surface area (Å²) in [7, 11) is 0. The number of nitrogens with zero attached hydrogens (tertiary/aromatic N) is 2. The molecule has 2 heterocycles. The summed E-state index contributed by atoms with van der Waals surface area (Å²) in [4.78, 5) is 18.0. The summed E-state index contributed by atoms with van der Waals surface area (Å²) in [6.07, 6.45) is 6.27. The Morgan fingerprint density at radius 1 is 1.21 bits per heavy atom. The normalized spacial score (nSPS) is 14.0. The SMILES string of the molecule is O=C(Cc1ccccc1-c1[c]nccc1)N1CCC1. The number of amides is 1. The molecule has 0 saturated carbocycles. The van der Waals surface area contributed by atoms with Crippen LogP contribution in [-0.2, 0) is 11.2 Å². The van der Waals surface area contributed by atoms with Crippen molar-refractivity contribution in [2.24, 2.45) is 0 Å². The van der Waals surface area contributed by atoms with Gasteiger partial charge in [-0.05, 0) is 23.6 Å². The average molecular weight is 251 g/mol. The Morgan fingerprint density at radius 3 is 2.74 bits per heavy atom. The quantitative estimate of drug-likeness (QED) is 0.838. The van der Waals surface area contributed by atoms with Crippen LogP contribution in [0.3, 0.4) is 0 Å². The van der Waals surface area contributed by atoms with Crippen LogP contribution in [-0.4, -0.2) is 28.9 Å². The first-order valence-electron chi connectivity index (χ1n) is 6.53. The fraction of sp³-hybridized carbons (Fsp3) is 0.250. The standard InChI is InChI=1S/C16H15N2O/c19-16(18-9-4-10-18)11-13-5-1-2-7-15(13)14-6-3-8-17-12-14/h1-3,5-8H,4,9-11H2. The third-order valence-corrected chi connectivity index (χ3v) is 3.47. The molecule has 1 radical (unpaired) electrons.